The Hall–Kier alpha value is -3.93. The summed E-state index contributed by atoms with van der Waals surface area (Å²) in [5.74, 6) is 0.0659. The Balaban J connectivity index is 1.57. The number of ether oxygens (including phenoxy) is 2. The molecule has 33 heavy (non-hydrogen) atoms. The van der Waals surface area contributed by atoms with Crippen molar-refractivity contribution in [3.05, 3.63) is 102 Å². The molecule has 0 saturated carbocycles. The summed E-state index contributed by atoms with van der Waals surface area (Å²) in [5.41, 5.74) is 2.54. The number of nitrogens with zero attached hydrogens (tertiary/aromatic N) is 1. The minimum atomic E-state index is -0.475. The summed E-state index contributed by atoms with van der Waals surface area (Å²) in [6, 6.07) is 22.0. The average molecular weight is 445 g/mol. The maximum atomic E-state index is 12.5. The van der Waals surface area contributed by atoms with Gasteiger partial charge in [-0.25, -0.2) is 0 Å². The molecule has 0 radical (unpaired) electrons. The first-order chi connectivity index (χ1) is 16.0. The number of hydrogen-bond acceptors (Lipinski definition) is 5. The highest BCUT2D eigenvalue weighted by Crippen LogP contribution is 2.18. The van der Waals surface area contributed by atoms with E-state index in [0.29, 0.717) is 6.61 Å². The molecular weight excluding hydrogens is 416 g/mol. The van der Waals surface area contributed by atoms with Crippen molar-refractivity contribution in [2.75, 3.05) is 0 Å². The van der Waals surface area contributed by atoms with Gasteiger partial charge >= 0.3 is 5.97 Å². The van der Waals surface area contributed by atoms with Crippen molar-refractivity contribution in [1.82, 2.24) is 10.3 Å². The number of hydrogen-bond donors (Lipinski definition) is 1. The van der Waals surface area contributed by atoms with Gasteiger partial charge in [-0.1, -0.05) is 48.5 Å². The topological polar surface area (TPSA) is 77.5 Å². The maximum absolute atomic E-state index is 12.5. The van der Waals surface area contributed by atoms with Crippen LogP contribution < -0.4 is 10.1 Å². The van der Waals surface area contributed by atoms with E-state index >= 15 is 0 Å². The summed E-state index contributed by atoms with van der Waals surface area (Å²) >= 11 is 0. The highest BCUT2D eigenvalue weighted by molar-refractivity contribution is 5.92. The van der Waals surface area contributed by atoms with Gasteiger partial charge in [-0.2, -0.15) is 0 Å². The number of amides is 1. The molecule has 1 N–H and O–H groups in total. The Morgan fingerprint density at radius 1 is 0.970 bits per heavy atom. The lowest BCUT2D eigenvalue weighted by Gasteiger charge is -2.18. The second kappa shape index (κ2) is 12.2. The third-order valence-corrected chi connectivity index (χ3v) is 4.68. The molecule has 170 valence electrons. The average Bonchev–Trinajstić information content (AvgIpc) is 2.82. The molecule has 2 aromatic carbocycles. The Bertz CT molecular complexity index is 1050. The van der Waals surface area contributed by atoms with Gasteiger partial charge in [0.05, 0.1) is 24.3 Å². The van der Waals surface area contributed by atoms with Gasteiger partial charge in [-0.05, 0) is 55.3 Å². The second-order valence-electron chi connectivity index (χ2n) is 7.73. The minimum Gasteiger partial charge on any atom is -0.487 e. The van der Waals surface area contributed by atoms with Crippen molar-refractivity contribution in [2.24, 2.45) is 0 Å². The minimum absolute atomic E-state index is 0.0596. The van der Waals surface area contributed by atoms with Crippen LogP contribution in [0.15, 0.2) is 85.1 Å². The van der Waals surface area contributed by atoms with Crippen LogP contribution >= 0.6 is 0 Å². The first-order valence-electron chi connectivity index (χ1n) is 10.9. The molecule has 1 aromatic heterocycles. The zero-order valence-electron chi connectivity index (χ0n) is 18.8. The van der Waals surface area contributed by atoms with Crippen molar-refractivity contribution in [3.63, 3.8) is 0 Å². The SMILES string of the molecule is CC(C)OC(=O)CC(NC(=O)/C=C/c1ccc(OCc2ccccn2)cc1)c1ccccc1. The number of carbonyl (C=O) groups is 2. The first-order valence-corrected chi connectivity index (χ1v) is 10.9. The highest BCUT2D eigenvalue weighted by atomic mass is 16.5. The molecule has 0 fully saturated rings. The molecule has 0 spiro atoms. The number of pyridine rings is 1. The van der Waals surface area contributed by atoms with Crippen LogP contribution in [-0.4, -0.2) is 23.0 Å². The Morgan fingerprint density at radius 3 is 2.36 bits per heavy atom. The van der Waals surface area contributed by atoms with Crippen LogP contribution in [0.1, 0.15) is 43.1 Å². The van der Waals surface area contributed by atoms with E-state index in [4.69, 9.17) is 9.47 Å². The van der Waals surface area contributed by atoms with Gasteiger partial charge in [0.1, 0.15) is 12.4 Å². The van der Waals surface area contributed by atoms with Crippen molar-refractivity contribution in [1.29, 1.82) is 0 Å². The van der Waals surface area contributed by atoms with E-state index in [1.54, 1.807) is 26.1 Å². The van der Waals surface area contributed by atoms with Crippen molar-refractivity contribution in [3.8, 4) is 5.75 Å². The summed E-state index contributed by atoms with van der Waals surface area (Å²) in [4.78, 5) is 28.9. The molecule has 3 rings (SSSR count). The predicted octanol–water partition coefficient (Wildman–Crippen LogP) is 4.87. The molecule has 1 heterocycles. The van der Waals surface area contributed by atoms with Crippen molar-refractivity contribution < 1.29 is 19.1 Å². The first kappa shape index (κ1) is 23.7. The molecular formula is C27H28N2O4. The molecule has 1 atom stereocenters. The predicted molar refractivity (Wildman–Crippen MR) is 127 cm³/mol. The van der Waals surface area contributed by atoms with Crippen LogP contribution in [0.3, 0.4) is 0 Å². The Kier molecular flexibility index (Phi) is 8.77. The molecule has 6 heteroatoms. The molecule has 0 saturated heterocycles. The van der Waals surface area contributed by atoms with Crippen LogP contribution in [0.4, 0.5) is 0 Å². The lowest BCUT2D eigenvalue weighted by molar-refractivity contribution is -0.148. The van der Waals surface area contributed by atoms with Crippen LogP contribution in [0.2, 0.25) is 0 Å². The molecule has 0 aliphatic rings. The lowest BCUT2D eigenvalue weighted by Crippen LogP contribution is -2.29. The zero-order chi connectivity index (χ0) is 23.5. The summed E-state index contributed by atoms with van der Waals surface area (Å²) in [5, 5.41) is 2.90. The molecule has 0 aliphatic heterocycles. The van der Waals surface area contributed by atoms with Gasteiger partial charge in [-0.15, -0.1) is 0 Å². The maximum Gasteiger partial charge on any atom is 0.308 e. The van der Waals surface area contributed by atoms with E-state index in [2.05, 4.69) is 10.3 Å². The third-order valence-electron chi connectivity index (χ3n) is 4.68. The smallest absolute Gasteiger partial charge is 0.308 e. The fourth-order valence-electron chi connectivity index (χ4n) is 3.12. The van der Waals surface area contributed by atoms with Gasteiger partial charge in [0.25, 0.3) is 0 Å². The van der Waals surface area contributed by atoms with E-state index in [0.717, 1.165) is 22.6 Å². The molecule has 3 aromatic rings. The van der Waals surface area contributed by atoms with E-state index in [1.165, 1.54) is 6.08 Å². The van der Waals surface area contributed by atoms with Gasteiger partial charge in [-0.3, -0.25) is 14.6 Å². The monoisotopic (exact) mass is 444 g/mol. The molecule has 0 bridgehead atoms. The van der Waals surface area contributed by atoms with Crippen LogP contribution in [-0.2, 0) is 20.9 Å². The van der Waals surface area contributed by atoms with Crippen LogP contribution in [0.25, 0.3) is 6.08 Å². The fourth-order valence-corrected chi connectivity index (χ4v) is 3.12. The second-order valence-corrected chi connectivity index (χ2v) is 7.73. The van der Waals surface area contributed by atoms with E-state index in [-0.39, 0.29) is 24.4 Å². The van der Waals surface area contributed by atoms with E-state index in [9.17, 15) is 9.59 Å². The summed E-state index contributed by atoms with van der Waals surface area (Å²) in [7, 11) is 0. The molecule has 1 amide bonds. The largest absolute Gasteiger partial charge is 0.487 e. The van der Waals surface area contributed by atoms with E-state index < -0.39 is 6.04 Å². The number of rotatable bonds is 10. The van der Waals surface area contributed by atoms with Crippen LogP contribution in [0.5, 0.6) is 5.75 Å². The molecule has 6 nitrogen and oxygen atoms in total. The number of nitrogens with one attached hydrogen (secondary N) is 1. The summed E-state index contributed by atoms with van der Waals surface area (Å²) < 4.78 is 11.0. The fraction of sp³-hybridized carbons (Fsp3) is 0.222. The summed E-state index contributed by atoms with van der Waals surface area (Å²) in [6.45, 7) is 3.98. The third kappa shape index (κ3) is 8.26. The normalized spacial score (nSPS) is 11.8. The van der Waals surface area contributed by atoms with E-state index in [1.807, 2.05) is 72.8 Å². The van der Waals surface area contributed by atoms with Gasteiger partial charge in [0, 0.05) is 12.3 Å². The summed E-state index contributed by atoms with van der Waals surface area (Å²) in [6.07, 6.45) is 4.75. The molecule has 0 aliphatic carbocycles. The zero-order valence-corrected chi connectivity index (χ0v) is 18.8. The van der Waals surface area contributed by atoms with Gasteiger partial charge in [0.2, 0.25) is 5.91 Å². The Labute approximate surface area is 194 Å². The van der Waals surface area contributed by atoms with Gasteiger partial charge < -0.3 is 14.8 Å². The Morgan fingerprint density at radius 2 is 1.70 bits per heavy atom. The highest BCUT2D eigenvalue weighted by Gasteiger charge is 2.19. The number of carbonyl (C=O) groups excluding carboxylic acids is 2. The lowest BCUT2D eigenvalue weighted by atomic mass is 10.0. The quantitative estimate of drug-likeness (QED) is 0.356. The van der Waals surface area contributed by atoms with Crippen molar-refractivity contribution in [2.45, 2.75) is 39.0 Å². The standard InChI is InChI=1S/C27H28N2O4/c1-20(2)33-27(31)18-25(22-8-4-3-5-9-22)29-26(30)16-13-21-11-14-24(15-12-21)32-19-23-10-6-7-17-28-23/h3-17,20,25H,18-19H2,1-2H3,(H,29,30)/b16-13+. The van der Waals surface area contributed by atoms with Crippen molar-refractivity contribution >= 4 is 18.0 Å². The molecule has 1 unspecified atom stereocenters. The van der Waals surface area contributed by atoms with Crippen LogP contribution in [0, 0.1) is 0 Å². The number of aromatic nitrogens is 1. The number of esters is 1. The number of benzene rings is 2. The van der Waals surface area contributed by atoms with Gasteiger partial charge in [0.15, 0.2) is 0 Å².